The first-order valence-corrected chi connectivity index (χ1v) is 32.6. The van der Waals surface area contributed by atoms with Crippen LogP contribution in [0, 0.1) is 0 Å². The first-order valence-electron chi connectivity index (χ1n) is 32.6. The van der Waals surface area contributed by atoms with E-state index in [1.165, 1.54) is 0 Å². The molecule has 0 N–H and O–H groups in total. The first kappa shape index (κ1) is 56.6. The van der Waals surface area contributed by atoms with E-state index in [2.05, 4.69) is 359 Å². The minimum absolute atomic E-state index is 0.0458. The number of benzene rings is 16. The van der Waals surface area contributed by atoms with Crippen molar-refractivity contribution in [2.75, 3.05) is 19.6 Å². The largest absolute Gasteiger partial charge is 0.279 e. The van der Waals surface area contributed by atoms with Gasteiger partial charge in [0.1, 0.15) is 11.6 Å². The molecule has 0 aliphatic heterocycles. The summed E-state index contributed by atoms with van der Waals surface area (Å²) in [6, 6.07) is 120. The molecule has 10 heteroatoms. The van der Waals surface area contributed by atoms with Gasteiger partial charge in [-0.1, -0.05) is 243 Å². The zero-order valence-electron chi connectivity index (χ0n) is 52.5. The quantitative estimate of drug-likeness (QED) is 0.105. The number of fused-ring (bicyclic) bond motifs is 8. The van der Waals surface area contributed by atoms with Gasteiger partial charge in [0.25, 0.3) is 0 Å². The Hall–Kier alpha value is -13.2. The summed E-state index contributed by atoms with van der Waals surface area (Å²) in [7, 11) is 0. The third kappa shape index (κ3) is 10.9. The van der Waals surface area contributed by atoms with Gasteiger partial charge in [0.05, 0.1) is 6.42 Å². The number of nitrogens with zero attached hydrogens (tertiary/aromatic N) is 10. The van der Waals surface area contributed by atoms with Crippen LogP contribution in [0.15, 0.2) is 340 Å². The summed E-state index contributed by atoms with van der Waals surface area (Å²) in [5, 5.41) is 17.5. The Kier molecular flexibility index (Phi) is 14.0. The van der Waals surface area contributed by atoms with E-state index in [4.69, 9.17) is 29.9 Å². The average molecular weight is 1240 g/mol. The van der Waals surface area contributed by atoms with E-state index in [1.807, 2.05) is 0 Å². The molecule has 0 unspecified atom stereocenters. The maximum Gasteiger partial charge on any atom is 0.239 e. The van der Waals surface area contributed by atoms with Crippen molar-refractivity contribution in [2.24, 2.45) is 0 Å². The topological polar surface area (TPSA) is 90.3 Å². The molecular formula is C87H58N10. The molecule has 0 fully saturated rings. The fourth-order valence-corrected chi connectivity index (χ4v) is 13.5. The van der Waals surface area contributed by atoms with E-state index in [0.29, 0.717) is 35.4 Å². The molecule has 0 radical (unpaired) electrons. The molecule has 0 spiro atoms. The molecule has 18 aromatic rings. The second kappa shape index (κ2) is 24.1. The highest BCUT2D eigenvalue weighted by Crippen LogP contribution is 2.44. The van der Waals surface area contributed by atoms with E-state index in [-0.39, 0.29) is 6.42 Å². The van der Waals surface area contributed by atoms with Gasteiger partial charge >= 0.3 is 0 Å². The zero-order chi connectivity index (χ0) is 64.2. The van der Waals surface area contributed by atoms with Gasteiger partial charge in [-0.25, -0.2) is 0 Å². The van der Waals surface area contributed by atoms with Crippen LogP contribution < -0.4 is 19.6 Å². The maximum atomic E-state index is 5.71. The third-order valence-electron chi connectivity index (χ3n) is 18.4. The summed E-state index contributed by atoms with van der Waals surface area (Å²) in [5.41, 5.74) is 6.95. The van der Waals surface area contributed by atoms with Crippen molar-refractivity contribution < 1.29 is 0 Å². The number of anilines is 12. The Morgan fingerprint density at radius 2 is 0.299 bits per heavy atom. The van der Waals surface area contributed by atoms with Gasteiger partial charge in [-0.2, -0.15) is 29.9 Å². The zero-order valence-corrected chi connectivity index (χ0v) is 52.5. The Morgan fingerprint density at radius 1 is 0.155 bits per heavy atom. The Balaban J connectivity index is 0.911. The fourth-order valence-electron chi connectivity index (χ4n) is 13.5. The predicted octanol–water partition coefficient (Wildman–Crippen LogP) is 22.8. The lowest BCUT2D eigenvalue weighted by Gasteiger charge is -2.28. The molecule has 18 rings (SSSR count). The van der Waals surface area contributed by atoms with Crippen molar-refractivity contribution in [3.05, 3.63) is 351 Å². The molecule has 0 bridgehead atoms. The molecule has 97 heavy (non-hydrogen) atoms. The summed E-state index contributed by atoms with van der Waals surface area (Å²) < 4.78 is 0. The summed E-state index contributed by atoms with van der Waals surface area (Å²) in [5.74, 6) is 2.44. The Bertz CT molecular complexity index is 5040. The van der Waals surface area contributed by atoms with Gasteiger partial charge in [0, 0.05) is 45.5 Å². The van der Waals surface area contributed by atoms with E-state index in [1.54, 1.807) is 0 Å². The lowest BCUT2D eigenvalue weighted by molar-refractivity contribution is 0.835. The summed E-state index contributed by atoms with van der Waals surface area (Å²) in [4.78, 5) is 42.7. The van der Waals surface area contributed by atoms with Crippen LogP contribution >= 0.6 is 0 Å². The highest BCUT2D eigenvalue weighted by atomic mass is 15.4. The third-order valence-corrected chi connectivity index (χ3v) is 18.4. The van der Waals surface area contributed by atoms with E-state index < -0.39 is 0 Å². The molecule has 2 heterocycles. The molecule has 0 saturated heterocycles. The van der Waals surface area contributed by atoms with Gasteiger partial charge in [-0.05, 0) is 183 Å². The maximum absolute atomic E-state index is 5.71. The minimum atomic E-state index is 0.0458. The Labute approximate surface area is 559 Å². The van der Waals surface area contributed by atoms with E-state index in [0.717, 1.165) is 132 Å². The number of rotatable bonds is 14. The highest BCUT2D eigenvalue weighted by molar-refractivity contribution is 5.97. The van der Waals surface area contributed by atoms with Crippen LogP contribution in [0.2, 0.25) is 0 Å². The molecule has 0 amide bonds. The average Bonchev–Trinajstić information content (AvgIpc) is 0.882. The van der Waals surface area contributed by atoms with Crippen molar-refractivity contribution in [3.63, 3.8) is 0 Å². The number of hydrogen-bond donors (Lipinski definition) is 0. The minimum Gasteiger partial charge on any atom is -0.279 e. The van der Waals surface area contributed by atoms with Crippen molar-refractivity contribution in [1.82, 2.24) is 29.9 Å². The number of aromatic nitrogens is 6. The van der Waals surface area contributed by atoms with Crippen LogP contribution in [-0.2, 0) is 6.42 Å². The van der Waals surface area contributed by atoms with Crippen LogP contribution in [0.4, 0.5) is 69.3 Å². The Morgan fingerprint density at radius 3 is 0.454 bits per heavy atom. The van der Waals surface area contributed by atoms with Crippen LogP contribution in [0.25, 0.3) is 86.2 Å². The van der Waals surface area contributed by atoms with Crippen LogP contribution in [-0.4, -0.2) is 29.9 Å². The van der Waals surface area contributed by atoms with Crippen molar-refractivity contribution >= 4 is 155 Å². The molecule has 0 saturated carbocycles. The smallest absolute Gasteiger partial charge is 0.239 e. The van der Waals surface area contributed by atoms with Crippen LogP contribution in [0.1, 0.15) is 11.6 Å². The molecule has 0 aliphatic rings. The van der Waals surface area contributed by atoms with E-state index in [9.17, 15) is 0 Å². The summed E-state index contributed by atoms with van der Waals surface area (Å²) >= 11 is 0. The molecule has 456 valence electrons. The molecule has 10 nitrogen and oxygen atoms in total. The fraction of sp³-hybridized carbons (Fsp3) is 0.0115. The lowest BCUT2D eigenvalue weighted by atomic mass is 10.1. The molecular weight excluding hydrogens is 1190 g/mol. The summed E-state index contributed by atoms with van der Waals surface area (Å²) in [6.45, 7) is 0. The second-order valence-electron chi connectivity index (χ2n) is 24.5. The van der Waals surface area contributed by atoms with Crippen molar-refractivity contribution in [3.8, 4) is 0 Å². The lowest BCUT2D eigenvalue weighted by Crippen LogP contribution is -2.22. The number of hydrogen-bond acceptors (Lipinski definition) is 10. The van der Waals surface area contributed by atoms with Gasteiger partial charge in [-0.3, -0.25) is 19.6 Å². The van der Waals surface area contributed by atoms with Crippen LogP contribution in [0.3, 0.4) is 0 Å². The van der Waals surface area contributed by atoms with Gasteiger partial charge in [0.2, 0.25) is 23.8 Å². The molecule has 0 atom stereocenters. The van der Waals surface area contributed by atoms with Gasteiger partial charge in [0.15, 0.2) is 0 Å². The van der Waals surface area contributed by atoms with E-state index >= 15 is 0 Å². The molecule has 16 aromatic carbocycles. The first-order chi connectivity index (χ1) is 48.0. The van der Waals surface area contributed by atoms with Crippen molar-refractivity contribution in [2.45, 2.75) is 6.42 Å². The van der Waals surface area contributed by atoms with Crippen molar-refractivity contribution in [1.29, 1.82) is 0 Å². The molecule has 0 aliphatic carbocycles. The monoisotopic (exact) mass is 1240 g/mol. The molecule has 2 aromatic heterocycles. The normalized spacial score (nSPS) is 11.5. The highest BCUT2D eigenvalue weighted by Gasteiger charge is 2.28. The van der Waals surface area contributed by atoms with Crippen LogP contribution in [0.5, 0.6) is 0 Å². The van der Waals surface area contributed by atoms with Gasteiger partial charge < -0.3 is 0 Å². The van der Waals surface area contributed by atoms with Gasteiger partial charge in [-0.15, -0.1) is 0 Å². The second-order valence-corrected chi connectivity index (χ2v) is 24.5. The summed E-state index contributed by atoms with van der Waals surface area (Å²) in [6.07, 6.45) is 0.0458. The SMILES string of the molecule is c1ccc2cc(N(c3ccc4ccccc4c3)c3nc(Cc4nc(N(c5ccc6ccccc6c5)c5ccc6ccccc6c5)nc(N(c5ccc6ccccc6c5)c5ccc6ccccc6c5)n4)nc(N(c4ccc5ccccc5c4)c4ccc5ccccc5c4)n3)ccc2c1. The standard InChI is InChI=1S/C87H58N10/c1-9-25-66-49-74(41-33-58(66)17-1)94(75-42-34-59-18-2-10-26-67(59)50-75)84-88-82(89-85(92-84)95(76-43-35-60-19-3-11-27-68(60)51-76)77-44-36-61-20-4-12-28-69(61)52-77)57-83-90-86(96(78-45-37-62-21-5-13-29-70(62)53-78)79-46-38-63-22-6-14-30-71(63)54-79)93-87(91-83)97(80-47-39-64-23-7-15-31-72(64)55-80)81-48-40-65-24-8-16-32-73(65)56-81/h1-56H,57H2. The predicted molar refractivity (Wildman–Crippen MR) is 401 cm³/mol.